The van der Waals surface area contributed by atoms with E-state index in [4.69, 9.17) is 9.02 Å². The average molecular weight is 500 g/mol. The van der Waals surface area contributed by atoms with E-state index in [1.165, 1.54) is 4.90 Å². The molecule has 0 bridgehead atoms. The molecule has 2 fully saturated rings. The number of anilines is 1. The number of likely N-dealkylation sites (tertiary alicyclic amines) is 1. The van der Waals surface area contributed by atoms with E-state index >= 15 is 0 Å². The summed E-state index contributed by atoms with van der Waals surface area (Å²) < 4.78 is 23.4. The molecular formula is C25H29N3O6S. The standard InChI is InChI=1S/C25H29N3O6S/c29-24-23-14-21(7-4-18(23)15-26-24)33-16-19-8-11-27(25(30)31)12-9-22(19)17-2-5-20(6-3-17)28-10-1-13-35(32)34-28/h2-7,14,19,22H,1,8-13,15-16H2,(H,26,29)(H,30,31)/t19-,22-,35?/m0/s1. The van der Waals surface area contributed by atoms with Crippen LogP contribution in [0.25, 0.3) is 0 Å². The van der Waals surface area contributed by atoms with Crippen LogP contribution in [0.4, 0.5) is 10.5 Å². The Kier molecular flexibility index (Phi) is 6.92. The molecule has 0 radical (unpaired) electrons. The number of carboxylic acid groups (broad SMARTS) is 1. The van der Waals surface area contributed by atoms with Crippen molar-refractivity contribution in [1.29, 1.82) is 0 Å². The Balaban J connectivity index is 1.32. The molecule has 186 valence electrons. The fourth-order valence-electron chi connectivity index (χ4n) is 5.04. The number of hydroxylamine groups is 1. The summed E-state index contributed by atoms with van der Waals surface area (Å²) in [6.07, 6.45) is 1.28. The van der Waals surface area contributed by atoms with Crippen molar-refractivity contribution in [3.8, 4) is 5.75 Å². The molecular weight excluding hydrogens is 470 g/mol. The molecule has 0 aliphatic carbocycles. The molecule has 0 spiro atoms. The third-order valence-corrected chi connectivity index (χ3v) is 7.97. The van der Waals surface area contributed by atoms with Crippen molar-refractivity contribution in [3.05, 3.63) is 59.2 Å². The highest BCUT2D eigenvalue weighted by molar-refractivity contribution is 7.80. The van der Waals surface area contributed by atoms with Crippen molar-refractivity contribution in [2.45, 2.75) is 31.7 Å². The fraction of sp³-hybridized carbons (Fsp3) is 0.440. The first-order valence-corrected chi connectivity index (χ1v) is 13.2. The quantitative estimate of drug-likeness (QED) is 0.650. The Morgan fingerprint density at radius 3 is 2.71 bits per heavy atom. The summed E-state index contributed by atoms with van der Waals surface area (Å²) in [6, 6.07) is 13.6. The zero-order chi connectivity index (χ0) is 24.4. The molecule has 5 rings (SSSR count). The molecule has 3 heterocycles. The number of ether oxygens (including phenoxy) is 1. The van der Waals surface area contributed by atoms with Gasteiger partial charge in [0.15, 0.2) is 11.1 Å². The number of hydrogen-bond acceptors (Lipinski definition) is 6. The minimum Gasteiger partial charge on any atom is -0.493 e. The van der Waals surface area contributed by atoms with Crippen molar-refractivity contribution in [3.63, 3.8) is 0 Å². The minimum atomic E-state index is -1.30. The Morgan fingerprint density at radius 2 is 1.94 bits per heavy atom. The summed E-state index contributed by atoms with van der Waals surface area (Å²) in [5.74, 6) is 1.32. The average Bonchev–Trinajstić information content (AvgIpc) is 3.09. The number of nitrogens with zero attached hydrogens (tertiary/aromatic N) is 2. The maximum Gasteiger partial charge on any atom is 0.407 e. The summed E-state index contributed by atoms with van der Waals surface area (Å²) in [7, 11) is 0. The van der Waals surface area contributed by atoms with E-state index in [-0.39, 0.29) is 17.7 Å². The Hall–Kier alpha value is -3.11. The third-order valence-electron chi connectivity index (χ3n) is 7.00. The fourth-order valence-corrected chi connectivity index (χ4v) is 5.84. The second-order valence-corrected chi connectivity index (χ2v) is 10.3. The van der Waals surface area contributed by atoms with E-state index in [0.29, 0.717) is 62.7 Å². The monoisotopic (exact) mass is 499 g/mol. The summed E-state index contributed by atoms with van der Waals surface area (Å²) in [5.41, 5.74) is 3.58. The maximum atomic E-state index is 12.0. The molecule has 3 atom stereocenters. The number of amides is 2. The first kappa shape index (κ1) is 23.6. The van der Waals surface area contributed by atoms with E-state index in [2.05, 4.69) is 5.32 Å². The van der Waals surface area contributed by atoms with Gasteiger partial charge in [-0.15, -0.1) is 0 Å². The van der Waals surface area contributed by atoms with E-state index in [0.717, 1.165) is 23.2 Å². The highest BCUT2D eigenvalue weighted by atomic mass is 32.2. The zero-order valence-corrected chi connectivity index (χ0v) is 20.2. The molecule has 2 saturated heterocycles. The van der Waals surface area contributed by atoms with Crippen LogP contribution in [0.2, 0.25) is 0 Å². The third kappa shape index (κ3) is 5.28. The Morgan fingerprint density at radius 1 is 1.14 bits per heavy atom. The van der Waals surface area contributed by atoms with Gasteiger partial charge >= 0.3 is 6.09 Å². The molecule has 2 aromatic carbocycles. The minimum absolute atomic E-state index is 0.0866. The molecule has 2 aromatic rings. The van der Waals surface area contributed by atoms with Crippen LogP contribution in [0.5, 0.6) is 5.75 Å². The molecule has 35 heavy (non-hydrogen) atoms. The lowest BCUT2D eigenvalue weighted by molar-refractivity contribution is 0.0965. The van der Waals surface area contributed by atoms with E-state index < -0.39 is 17.2 Å². The van der Waals surface area contributed by atoms with Gasteiger partial charge in [-0.2, -0.15) is 4.28 Å². The number of carbonyl (C=O) groups excluding carboxylic acids is 1. The number of nitrogens with one attached hydrogen (secondary N) is 1. The van der Waals surface area contributed by atoms with Gasteiger partial charge in [-0.25, -0.2) is 14.1 Å². The van der Waals surface area contributed by atoms with Gasteiger partial charge in [-0.1, -0.05) is 18.2 Å². The normalized spacial score (nSPS) is 24.5. The van der Waals surface area contributed by atoms with E-state index in [1.807, 2.05) is 36.4 Å². The maximum absolute atomic E-state index is 12.0. The summed E-state index contributed by atoms with van der Waals surface area (Å²) in [5, 5.41) is 14.0. The van der Waals surface area contributed by atoms with Crippen LogP contribution in [0, 0.1) is 5.92 Å². The largest absolute Gasteiger partial charge is 0.493 e. The lowest BCUT2D eigenvalue weighted by Crippen LogP contribution is -2.32. The lowest BCUT2D eigenvalue weighted by atomic mass is 9.83. The summed E-state index contributed by atoms with van der Waals surface area (Å²) in [4.78, 5) is 25.1. The van der Waals surface area contributed by atoms with Crippen LogP contribution < -0.4 is 15.1 Å². The summed E-state index contributed by atoms with van der Waals surface area (Å²) >= 11 is -1.30. The van der Waals surface area contributed by atoms with Crippen LogP contribution in [0.3, 0.4) is 0 Å². The molecule has 10 heteroatoms. The van der Waals surface area contributed by atoms with Gasteiger partial charge < -0.3 is 20.1 Å². The van der Waals surface area contributed by atoms with Crippen LogP contribution >= 0.6 is 0 Å². The molecule has 3 aliphatic rings. The van der Waals surface area contributed by atoms with Crippen LogP contribution in [0.15, 0.2) is 42.5 Å². The predicted octanol–water partition coefficient (Wildman–Crippen LogP) is 3.29. The molecule has 0 saturated carbocycles. The SMILES string of the molecule is O=C1NCc2ccc(OC[C@@H]3CCN(C(=O)O)CC[C@H]3c3ccc(N4CCCS(=O)O4)cc3)cc21. The van der Waals surface area contributed by atoms with Crippen LogP contribution in [-0.4, -0.2) is 58.2 Å². The molecule has 3 aliphatic heterocycles. The van der Waals surface area contributed by atoms with E-state index in [9.17, 15) is 18.9 Å². The van der Waals surface area contributed by atoms with Crippen molar-refractivity contribution >= 4 is 28.8 Å². The van der Waals surface area contributed by atoms with Gasteiger partial charge in [-0.05, 0) is 60.6 Å². The topological polar surface area (TPSA) is 108 Å². The Labute approximate surface area is 206 Å². The van der Waals surface area contributed by atoms with Crippen molar-refractivity contribution in [2.75, 3.05) is 37.1 Å². The second-order valence-electron chi connectivity index (χ2n) is 9.16. The zero-order valence-electron chi connectivity index (χ0n) is 19.4. The second kappa shape index (κ2) is 10.2. The molecule has 2 amide bonds. The molecule has 0 aromatic heterocycles. The van der Waals surface area contributed by atoms with Gasteiger partial charge in [0.2, 0.25) is 0 Å². The highest BCUT2D eigenvalue weighted by Crippen LogP contribution is 2.35. The smallest absolute Gasteiger partial charge is 0.407 e. The number of hydrogen-bond donors (Lipinski definition) is 2. The first-order chi connectivity index (χ1) is 17.0. The van der Waals surface area contributed by atoms with Crippen molar-refractivity contribution in [2.24, 2.45) is 5.92 Å². The summed E-state index contributed by atoms with van der Waals surface area (Å²) in [6.45, 7) is 2.58. The first-order valence-electron chi connectivity index (χ1n) is 11.9. The lowest BCUT2D eigenvalue weighted by Gasteiger charge is -2.28. The molecule has 1 unspecified atom stereocenters. The number of rotatable bonds is 5. The van der Waals surface area contributed by atoms with Crippen molar-refractivity contribution < 1.29 is 27.9 Å². The van der Waals surface area contributed by atoms with Gasteiger partial charge in [-0.3, -0.25) is 4.79 Å². The van der Waals surface area contributed by atoms with Gasteiger partial charge in [0.25, 0.3) is 5.91 Å². The number of carbonyl (C=O) groups is 2. The molecule has 2 N–H and O–H groups in total. The van der Waals surface area contributed by atoms with E-state index in [1.54, 1.807) is 11.1 Å². The van der Waals surface area contributed by atoms with Gasteiger partial charge in [0.05, 0.1) is 18.0 Å². The van der Waals surface area contributed by atoms with Gasteiger partial charge in [0.1, 0.15) is 5.75 Å². The molecule has 9 nitrogen and oxygen atoms in total. The van der Waals surface area contributed by atoms with Crippen LogP contribution in [0.1, 0.15) is 46.7 Å². The highest BCUT2D eigenvalue weighted by Gasteiger charge is 2.30. The van der Waals surface area contributed by atoms with Gasteiger partial charge in [0, 0.05) is 37.7 Å². The number of benzene rings is 2. The number of fused-ring (bicyclic) bond motifs is 1. The van der Waals surface area contributed by atoms with Crippen molar-refractivity contribution in [1.82, 2.24) is 10.2 Å². The Bertz CT molecular complexity index is 1120. The van der Waals surface area contributed by atoms with Crippen LogP contribution in [-0.2, 0) is 21.9 Å². The predicted molar refractivity (Wildman–Crippen MR) is 131 cm³/mol.